The molecular weight excluding hydrogens is 392 g/mol. The van der Waals surface area contributed by atoms with Gasteiger partial charge in [0, 0.05) is 36.4 Å². The number of fused-ring (bicyclic) bond motifs is 1. The minimum atomic E-state index is -0.877. The second-order valence-electron chi connectivity index (χ2n) is 7.86. The number of imidazole rings is 1. The summed E-state index contributed by atoms with van der Waals surface area (Å²) in [6.07, 6.45) is 6.28. The molecule has 0 fully saturated rings. The first-order valence-electron chi connectivity index (χ1n) is 10.5. The molecule has 0 aliphatic heterocycles. The van der Waals surface area contributed by atoms with Gasteiger partial charge < -0.3 is 14.5 Å². The summed E-state index contributed by atoms with van der Waals surface area (Å²) in [5.74, 6) is 1.18. The van der Waals surface area contributed by atoms with E-state index in [0.29, 0.717) is 24.4 Å². The van der Waals surface area contributed by atoms with E-state index in [1.165, 1.54) is 7.11 Å². The summed E-state index contributed by atoms with van der Waals surface area (Å²) in [6.45, 7) is 1.97. The predicted octanol–water partition coefficient (Wildman–Crippen LogP) is 4.38. The number of aromatic amines is 1. The highest BCUT2D eigenvalue weighted by Crippen LogP contribution is 2.38. The van der Waals surface area contributed by atoms with E-state index in [1.54, 1.807) is 12.4 Å². The molecule has 31 heavy (non-hydrogen) atoms. The Morgan fingerprint density at radius 2 is 1.97 bits per heavy atom. The first-order chi connectivity index (χ1) is 15.0. The summed E-state index contributed by atoms with van der Waals surface area (Å²) in [4.78, 5) is 32.0. The summed E-state index contributed by atoms with van der Waals surface area (Å²) < 4.78 is 11.5. The van der Waals surface area contributed by atoms with Crippen LogP contribution in [0.5, 0.6) is 5.75 Å². The molecule has 6 nitrogen and oxygen atoms in total. The van der Waals surface area contributed by atoms with Crippen LogP contribution in [0.2, 0.25) is 0 Å². The van der Waals surface area contributed by atoms with Crippen molar-refractivity contribution in [2.75, 3.05) is 7.11 Å². The molecule has 0 saturated heterocycles. The number of carbonyl (C=O) groups is 2. The van der Waals surface area contributed by atoms with E-state index in [-0.39, 0.29) is 18.2 Å². The Bertz CT molecular complexity index is 1080. The third-order valence-corrected chi connectivity index (χ3v) is 5.91. The highest BCUT2D eigenvalue weighted by atomic mass is 16.5. The van der Waals surface area contributed by atoms with Gasteiger partial charge in [-0.05, 0) is 49.4 Å². The fourth-order valence-electron chi connectivity index (χ4n) is 4.22. The molecule has 3 aromatic rings. The quantitative estimate of drug-likeness (QED) is 0.576. The Kier molecular flexibility index (Phi) is 5.89. The van der Waals surface area contributed by atoms with Crippen LogP contribution in [-0.4, -0.2) is 28.8 Å². The van der Waals surface area contributed by atoms with Crippen LogP contribution in [0.15, 0.2) is 54.9 Å². The van der Waals surface area contributed by atoms with Crippen molar-refractivity contribution in [3.05, 3.63) is 82.9 Å². The number of rotatable bonds is 7. The lowest BCUT2D eigenvalue weighted by Gasteiger charge is -2.32. The van der Waals surface area contributed by atoms with E-state index in [9.17, 15) is 9.59 Å². The molecule has 1 aliphatic carbocycles. The largest absolute Gasteiger partial charge is 0.475 e. The SMILES string of the molecule is COC(=O)CCc1c(O[C@@](C)(c2ccccc2)c2ncc[nH]2)ccc2c1CCCC2=O. The fraction of sp³-hybridized carbons (Fsp3) is 0.320. The molecule has 0 saturated carbocycles. The number of H-pyrrole nitrogens is 1. The Labute approximate surface area is 181 Å². The van der Waals surface area contributed by atoms with Crippen molar-refractivity contribution < 1.29 is 19.1 Å². The number of hydrogen-bond acceptors (Lipinski definition) is 5. The second kappa shape index (κ2) is 8.76. The molecule has 1 aliphatic rings. The van der Waals surface area contributed by atoms with Crippen molar-refractivity contribution in [3.63, 3.8) is 0 Å². The monoisotopic (exact) mass is 418 g/mol. The zero-order valence-electron chi connectivity index (χ0n) is 17.8. The third kappa shape index (κ3) is 4.10. The summed E-state index contributed by atoms with van der Waals surface area (Å²) >= 11 is 0. The number of benzene rings is 2. The van der Waals surface area contributed by atoms with Gasteiger partial charge in [0.05, 0.1) is 7.11 Å². The molecule has 1 aromatic heterocycles. The maximum atomic E-state index is 12.5. The number of methoxy groups -OCH3 is 1. The molecule has 6 heteroatoms. The van der Waals surface area contributed by atoms with Gasteiger partial charge in [0.25, 0.3) is 0 Å². The number of nitrogens with one attached hydrogen (secondary N) is 1. The summed E-state index contributed by atoms with van der Waals surface area (Å²) in [5.41, 5.74) is 2.67. The van der Waals surface area contributed by atoms with Crippen LogP contribution < -0.4 is 4.74 Å². The van der Waals surface area contributed by atoms with Crippen molar-refractivity contribution in [1.82, 2.24) is 9.97 Å². The minimum Gasteiger partial charge on any atom is -0.475 e. The molecule has 4 rings (SSSR count). The lowest BCUT2D eigenvalue weighted by molar-refractivity contribution is -0.140. The highest BCUT2D eigenvalue weighted by molar-refractivity contribution is 5.99. The molecule has 1 atom stereocenters. The summed E-state index contributed by atoms with van der Waals surface area (Å²) in [6, 6.07) is 13.6. The van der Waals surface area contributed by atoms with E-state index < -0.39 is 5.60 Å². The lowest BCUT2D eigenvalue weighted by atomic mass is 9.85. The van der Waals surface area contributed by atoms with Gasteiger partial charge in [-0.25, -0.2) is 4.98 Å². The molecule has 160 valence electrons. The molecule has 0 bridgehead atoms. The predicted molar refractivity (Wildman–Crippen MR) is 116 cm³/mol. The Balaban J connectivity index is 1.80. The molecule has 0 radical (unpaired) electrons. The smallest absolute Gasteiger partial charge is 0.305 e. The van der Waals surface area contributed by atoms with Crippen LogP contribution in [0.25, 0.3) is 0 Å². The van der Waals surface area contributed by atoms with Gasteiger partial charge in [0.1, 0.15) is 5.75 Å². The van der Waals surface area contributed by atoms with Gasteiger partial charge >= 0.3 is 5.97 Å². The minimum absolute atomic E-state index is 0.143. The van der Waals surface area contributed by atoms with Crippen LogP contribution in [-0.2, 0) is 28.0 Å². The molecule has 1 heterocycles. The molecule has 1 N–H and O–H groups in total. The zero-order valence-corrected chi connectivity index (χ0v) is 17.8. The fourth-order valence-corrected chi connectivity index (χ4v) is 4.22. The summed E-state index contributed by atoms with van der Waals surface area (Å²) in [7, 11) is 1.38. The number of aromatic nitrogens is 2. The van der Waals surface area contributed by atoms with Gasteiger partial charge in [-0.3, -0.25) is 9.59 Å². The lowest BCUT2D eigenvalue weighted by Crippen LogP contribution is -2.33. The average Bonchev–Trinajstić information content (AvgIpc) is 3.34. The number of ketones is 1. The molecule has 0 unspecified atom stereocenters. The number of ether oxygens (including phenoxy) is 2. The molecule has 0 spiro atoms. The number of Topliss-reactive ketones (excluding diaryl/α,β-unsaturated/α-hetero) is 1. The number of carbonyl (C=O) groups excluding carboxylic acids is 2. The first-order valence-corrected chi connectivity index (χ1v) is 10.5. The Morgan fingerprint density at radius 3 is 2.68 bits per heavy atom. The second-order valence-corrected chi connectivity index (χ2v) is 7.86. The third-order valence-electron chi connectivity index (χ3n) is 5.91. The zero-order chi connectivity index (χ0) is 21.8. The van der Waals surface area contributed by atoms with Gasteiger partial charge in [-0.1, -0.05) is 30.3 Å². The van der Waals surface area contributed by atoms with Gasteiger partial charge in [0.2, 0.25) is 0 Å². The van der Waals surface area contributed by atoms with Crippen LogP contribution in [0, 0.1) is 0 Å². The Hall–Kier alpha value is -3.41. The maximum Gasteiger partial charge on any atom is 0.305 e. The highest BCUT2D eigenvalue weighted by Gasteiger charge is 2.35. The van der Waals surface area contributed by atoms with Gasteiger partial charge in [0.15, 0.2) is 17.2 Å². The van der Waals surface area contributed by atoms with Crippen LogP contribution in [0.1, 0.15) is 59.1 Å². The number of esters is 1. The Morgan fingerprint density at radius 1 is 1.16 bits per heavy atom. The molecule has 2 aromatic carbocycles. The van der Waals surface area contributed by atoms with Crippen molar-refractivity contribution in [2.24, 2.45) is 0 Å². The number of hydrogen-bond donors (Lipinski definition) is 1. The standard InChI is InChI=1S/C25H26N2O4/c1-25(24-26-15-16-27-24,17-7-4-3-5-8-17)31-22-13-11-19-18(9-6-10-21(19)28)20(22)12-14-23(29)30-2/h3-5,7-8,11,13,15-16H,6,9-10,12,14H2,1-2H3,(H,26,27)/t25-/m0/s1. The van der Waals surface area contributed by atoms with Crippen molar-refractivity contribution in [3.8, 4) is 5.75 Å². The molecule has 0 amide bonds. The van der Waals surface area contributed by atoms with E-state index in [1.807, 2.05) is 49.4 Å². The maximum absolute atomic E-state index is 12.5. The van der Waals surface area contributed by atoms with E-state index in [4.69, 9.17) is 9.47 Å². The van der Waals surface area contributed by atoms with Gasteiger partial charge in [-0.2, -0.15) is 0 Å². The number of nitrogens with zero attached hydrogens (tertiary/aromatic N) is 1. The molecular formula is C25H26N2O4. The first kappa shape index (κ1) is 20.8. The normalized spacial score (nSPS) is 15.1. The van der Waals surface area contributed by atoms with E-state index >= 15 is 0 Å². The topological polar surface area (TPSA) is 81.3 Å². The van der Waals surface area contributed by atoms with Gasteiger partial charge in [-0.15, -0.1) is 0 Å². The van der Waals surface area contributed by atoms with Crippen LogP contribution in [0.3, 0.4) is 0 Å². The van der Waals surface area contributed by atoms with Crippen LogP contribution in [0.4, 0.5) is 0 Å². The average molecular weight is 418 g/mol. The summed E-state index contributed by atoms with van der Waals surface area (Å²) in [5, 5.41) is 0. The van der Waals surface area contributed by atoms with Crippen molar-refractivity contribution >= 4 is 11.8 Å². The van der Waals surface area contributed by atoms with E-state index in [0.717, 1.165) is 35.1 Å². The van der Waals surface area contributed by atoms with Crippen LogP contribution >= 0.6 is 0 Å². The van der Waals surface area contributed by atoms with Crippen molar-refractivity contribution in [2.45, 2.75) is 44.6 Å². The van der Waals surface area contributed by atoms with E-state index in [2.05, 4.69) is 9.97 Å². The van der Waals surface area contributed by atoms with Crippen molar-refractivity contribution in [1.29, 1.82) is 0 Å².